The number of hydrogen-bond donors (Lipinski definition) is 0. The molecule has 142 valence electrons. The van der Waals surface area contributed by atoms with Crippen LogP contribution in [0.1, 0.15) is 23.2 Å². The molecule has 2 heterocycles. The van der Waals surface area contributed by atoms with Crippen LogP contribution in [-0.4, -0.2) is 61.1 Å². The van der Waals surface area contributed by atoms with E-state index in [0.717, 1.165) is 52.2 Å². The van der Waals surface area contributed by atoms with Crippen molar-refractivity contribution in [1.82, 2.24) is 9.80 Å². The van der Waals surface area contributed by atoms with Crippen molar-refractivity contribution in [2.75, 3.05) is 39.4 Å². The van der Waals surface area contributed by atoms with Crippen LogP contribution in [0.25, 0.3) is 11.1 Å². The van der Waals surface area contributed by atoms with Crippen molar-refractivity contribution < 1.29 is 13.9 Å². The van der Waals surface area contributed by atoms with Crippen molar-refractivity contribution in [3.63, 3.8) is 0 Å². The fourth-order valence-corrected chi connectivity index (χ4v) is 4.13. The highest BCUT2D eigenvalue weighted by Gasteiger charge is 2.30. The van der Waals surface area contributed by atoms with Crippen molar-refractivity contribution >= 4 is 5.91 Å². The van der Waals surface area contributed by atoms with Crippen LogP contribution >= 0.6 is 0 Å². The van der Waals surface area contributed by atoms with Gasteiger partial charge in [-0.1, -0.05) is 36.4 Å². The number of amides is 1. The van der Waals surface area contributed by atoms with Gasteiger partial charge in [0.15, 0.2) is 0 Å². The van der Waals surface area contributed by atoms with E-state index in [0.29, 0.717) is 22.7 Å². The first-order valence-electron chi connectivity index (χ1n) is 9.69. The molecule has 2 fully saturated rings. The van der Waals surface area contributed by atoms with Gasteiger partial charge in [-0.05, 0) is 30.5 Å². The van der Waals surface area contributed by atoms with Crippen LogP contribution in [0, 0.1) is 5.82 Å². The minimum Gasteiger partial charge on any atom is -0.379 e. The largest absolute Gasteiger partial charge is 0.379 e. The van der Waals surface area contributed by atoms with E-state index in [1.807, 2.05) is 29.2 Å². The van der Waals surface area contributed by atoms with Crippen LogP contribution in [0.15, 0.2) is 48.5 Å². The highest BCUT2D eigenvalue weighted by atomic mass is 19.1. The van der Waals surface area contributed by atoms with E-state index in [2.05, 4.69) is 4.90 Å². The first-order valence-corrected chi connectivity index (χ1v) is 9.69. The molecule has 5 heteroatoms. The third kappa shape index (κ3) is 3.89. The Morgan fingerprint density at radius 3 is 2.44 bits per heavy atom. The van der Waals surface area contributed by atoms with Gasteiger partial charge in [-0.2, -0.15) is 0 Å². The van der Waals surface area contributed by atoms with Crippen molar-refractivity contribution in [2.24, 2.45) is 0 Å². The zero-order valence-electron chi connectivity index (χ0n) is 15.4. The lowest BCUT2D eigenvalue weighted by Crippen LogP contribution is -2.52. The summed E-state index contributed by atoms with van der Waals surface area (Å²) in [6.07, 6.45) is 2.11. The van der Waals surface area contributed by atoms with Gasteiger partial charge in [0.1, 0.15) is 5.82 Å². The Kier molecular flexibility index (Phi) is 5.50. The third-order valence-corrected chi connectivity index (χ3v) is 5.57. The van der Waals surface area contributed by atoms with Gasteiger partial charge in [-0.3, -0.25) is 9.69 Å². The zero-order valence-corrected chi connectivity index (χ0v) is 15.4. The molecule has 0 saturated carbocycles. The summed E-state index contributed by atoms with van der Waals surface area (Å²) in [5.74, 6) is -0.311. The lowest BCUT2D eigenvalue weighted by molar-refractivity contribution is -0.00119. The van der Waals surface area contributed by atoms with Gasteiger partial charge in [0, 0.05) is 43.3 Å². The van der Waals surface area contributed by atoms with Gasteiger partial charge in [0.2, 0.25) is 0 Å². The smallest absolute Gasteiger partial charge is 0.254 e. The number of carbonyl (C=O) groups excluding carboxylic acids is 1. The second-order valence-electron chi connectivity index (χ2n) is 7.22. The van der Waals surface area contributed by atoms with Crippen LogP contribution in [0.5, 0.6) is 0 Å². The molecule has 0 aliphatic carbocycles. The van der Waals surface area contributed by atoms with Crippen LogP contribution in [0.4, 0.5) is 4.39 Å². The standard InChI is InChI=1S/C22H25FN2O2/c23-21-10-4-3-8-19(21)18-7-1-2-9-20(18)22(26)25-11-5-6-17(16-25)24-12-14-27-15-13-24/h1-4,7-10,17H,5-6,11-16H2/t17-/m1/s1. The average Bonchev–Trinajstić information content (AvgIpc) is 2.74. The topological polar surface area (TPSA) is 32.8 Å². The SMILES string of the molecule is O=C(c1ccccc1-c1ccccc1F)N1CCC[C@@H](N2CCOCC2)C1. The Labute approximate surface area is 159 Å². The summed E-state index contributed by atoms with van der Waals surface area (Å²) >= 11 is 0. The van der Waals surface area contributed by atoms with Crippen LogP contribution in [0.2, 0.25) is 0 Å². The summed E-state index contributed by atoms with van der Waals surface area (Å²) in [6, 6.07) is 14.4. The molecule has 2 aromatic carbocycles. The number of halogens is 1. The van der Waals surface area contributed by atoms with E-state index in [1.165, 1.54) is 6.07 Å². The van der Waals surface area contributed by atoms with E-state index in [-0.39, 0.29) is 11.7 Å². The van der Waals surface area contributed by atoms with E-state index < -0.39 is 0 Å². The molecule has 0 unspecified atom stereocenters. The number of benzene rings is 2. The van der Waals surface area contributed by atoms with Gasteiger partial charge < -0.3 is 9.64 Å². The number of hydrogen-bond acceptors (Lipinski definition) is 3. The van der Waals surface area contributed by atoms with Crippen LogP contribution in [0.3, 0.4) is 0 Å². The summed E-state index contributed by atoms with van der Waals surface area (Å²) in [5, 5.41) is 0. The van der Waals surface area contributed by atoms with Gasteiger partial charge in [0.05, 0.1) is 13.2 Å². The van der Waals surface area contributed by atoms with Crippen LogP contribution < -0.4 is 0 Å². The molecule has 4 rings (SSSR count). The fourth-order valence-electron chi connectivity index (χ4n) is 4.13. The van der Waals surface area contributed by atoms with Crippen molar-refractivity contribution in [2.45, 2.75) is 18.9 Å². The lowest BCUT2D eigenvalue weighted by Gasteiger charge is -2.41. The molecule has 1 amide bonds. The summed E-state index contributed by atoms with van der Waals surface area (Å²) in [5.41, 5.74) is 1.71. The maximum Gasteiger partial charge on any atom is 0.254 e. The maximum atomic E-state index is 14.3. The predicted molar refractivity (Wildman–Crippen MR) is 103 cm³/mol. The summed E-state index contributed by atoms with van der Waals surface area (Å²) in [4.78, 5) is 17.7. The Balaban J connectivity index is 1.57. The van der Waals surface area contributed by atoms with Gasteiger partial charge in [-0.25, -0.2) is 4.39 Å². The average molecular weight is 368 g/mol. The van der Waals surface area contributed by atoms with Crippen molar-refractivity contribution in [3.8, 4) is 11.1 Å². The molecule has 1 atom stereocenters. The van der Waals surface area contributed by atoms with E-state index in [9.17, 15) is 9.18 Å². The lowest BCUT2D eigenvalue weighted by atomic mass is 9.96. The third-order valence-electron chi connectivity index (χ3n) is 5.57. The quantitative estimate of drug-likeness (QED) is 0.832. The first kappa shape index (κ1) is 18.1. The van der Waals surface area contributed by atoms with Crippen molar-refractivity contribution in [3.05, 3.63) is 59.9 Å². The summed E-state index contributed by atoms with van der Waals surface area (Å²) in [6.45, 7) is 4.87. The molecule has 2 aromatic rings. The summed E-state index contributed by atoms with van der Waals surface area (Å²) in [7, 11) is 0. The monoisotopic (exact) mass is 368 g/mol. The Hall–Kier alpha value is -2.24. The minimum atomic E-state index is -0.303. The Bertz CT molecular complexity index is 804. The highest BCUT2D eigenvalue weighted by molar-refractivity contribution is 6.01. The molecule has 0 aromatic heterocycles. The molecule has 0 N–H and O–H groups in total. The van der Waals surface area contributed by atoms with Gasteiger partial charge in [0.25, 0.3) is 5.91 Å². The molecular weight excluding hydrogens is 343 g/mol. The number of piperidine rings is 1. The second-order valence-corrected chi connectivity index (χ2v) is 7.22. The number of carbonyl (C=O) groups is 1. The number of nitrogens with zero attached hydrogens (tertiary/aromatic N) is 2. The van der Waals surface area contributed by atoms with E-state index in [1.54, 1.807) is 18.2 Å². The number of ether oxygens (including phenoxy) is 1. The number of rotatable bonds is 3. The Morgan fingerprint density at radius 2 is 1.67 bits per heavy atom. The molecule has 2 aliphatic heterocycles. The Morgan fingerprint density at radius 1 is 0.963 bits per heavy atom. The zero-order chi connectivity index (χ0) is 18.6. The summed E-state index contributed by atoms with van der Waals surface area (Å²) < 4.78 is 19.8. The molecule has 4 nitrogen and oxygen atoms in total. The van der Waals surface area contributed by atoms with Gasteiger partial charge >= 0.3 is 0 Å². The van der Waals surface area contributed by atoms with E-state index in [4.69, 9.17) is 4.74 Å². The molecule has 0 bridgehead atoms. The van der Waals surface area contributed by atoms with Gasteiger partial charge in [-0.15, -0.1) is 0 Å². The molecule has 0 radical (unpaired) electrons. The molecule has 0 spiro atoms. The maximum absolute atomic E-state index is 14.3. The van der Waals surface area contributed by atoms with E-state index >= 15 is 0 Å². The number of likely N-dealkylation sites (tertiary alicyclic amines) is 1. The second kappa shape index (κ2) is 8.19. The minimum absolute atomic E-state index is 0.00758. The molecular formula is C22H25FN2O2. The number of morpholine rings is 1. The first-order chi connectivity index (χ1) is 13.2. The fraction of sp³-hybridized carbons (Fsp3) is 0.409. The molecule has 2 saturated heterocycles. The normalized spacial score (nSPS) is 21.2. The highest BCUT2D eigenvalue weighted by Crippen LogP contribution is 2.28. The molecule has 27 heavy (non-hydrogen) atoms. The van der Waals surface area contributed by atoms with Crippen molar-refractivity contribution in [1.29, 1.82) is 0 Å². The predicted octanol–water partition coefficient (Wildman–Crippen LogP) is 3.43. The molecule has 2 aliphatic rings. The van der Waals surface area contributed by atoms with Crippen LogP contribution in [-0.2, 0) is 4.74 Å².